The van der Waals surface area contributed by atoms with Crippen molar-refractivity contribution in [3.8, 4) is 5.75 Å². The molecule has 198 valence electrons. The van der Waals surface area contributed by atoms with E-state index in [4.69, 9.17) is 4.74 Å². The highest BCUT2D eigenvalue weighted by atomic mass is 32.2. The Labute approximate surface area is 215 Å². The van der Waals surface area contributed by atoms with Gasteiger partial charge in [-0.25, -0.2) is 8.42 Å². The number of ether oxygens (including phenoxy) is 1. The number of carbonyl (C=O) groups excluding carboxylic acids is 2. The molecule has 8 nitrogen and oxygen atoms in total. The number of methoxy groups -OCH3 is 1. The van der Waals surface area contributed by atoms with Gasteiger partial charge in [-0.3, -0.25) is 13.9 Å². The van der Waals surface area contributed by atoms with Crippen molar-refractivity contribution in [2.45, 2.75) is 65.6 Å². The zero-order chi connectivity index (χ0) is 26.9. The lowest BCUT2D eigenvalue weighted by molar-refractivity contribution is -0.140. The number of aryl methyl sites for hydroxylation is 1. The molecule has 2 rings (SSSR count). The second-order valence-corrected chi connectivity index (χ2v) is 11.0. The number of nitrogens with zero attached hydrogens (tertiary/aromatic N) is 2. The first kappa shape index (κ1) is 29.2. The van der Waals surface area contributed by atoms with Crippen molar-refractivity contribution < 1.29 is 22.7 Å². The third kappa shape index (κ3) is 8.26. The van der Waals surface area contributed by atoms with Crippen molar-refractivity contribution in [3.63, 3.8) is 0 Å². The van der Waals surface area contributed by atoms with Crippen molar-refractivity contribution >= 4 is 27.5 Å². The number of benzene rings is 2. The summed E-state index contributed by atoms with van der Waals surface area (Å²) in [6.45, 7) is 8.01. The van der Waals surface area contributed by atoms with E-state index in [0.717, 1.165) is 23.8 Å². The Kier molecular flexibility index (Phi) is 10.8. The summed E-state index contributed by atoms with van der Waals surface area (Å²) < 4.78 is 31.7. The summed E-state index contributed by atoms with van der Waals surface area (Å²) >= 11 is 0. The molecular formula is C27H39N3O5S. The lowest BCUT2D eigenvalue weighted by atomic mass is 10.1. The smallest absolute Gasteiger partial charge is 0.242 e. The van der Waals surface area contributed by atoms with Gasteiger partial charge in [-0.2, -0.15) is 0 Å². The van der Waals surface area contributed by atoms with Crippen LogP contribution in [-0.4, -0.2) is 57.1 Å². The summed E-state index contributed by atoms with van der Waals surface area (Å²) in [5, 5.41) is 2.96. The number of nitrogens with one attached hydrogen (secondary N) is 1. The summed E-state index contributed by atoms with van der Waals surface area (Å²) in [4.78, 5) is 27.8. The van der Waals surface area contributed by atoms with E-state index in [2.05, 4.69) is 5.32 Å². The van der Waals surface area contributed by atoms with Crippen LogP contribution in [-0.2, 0) is 26.2 Å². The van der Waals surface area contributed by atoms with E-state index < -0.39 is 16.1 Å². The Bertz CT molecular complexity index is 1140. The molecule has 2 amide bonds. The van der Waals surface area contributed by atoms with Gasteiger partial charge in [0.2, 0.25) is 21.8 Å². The largest absolute Gasteiger partial charge is 0.495 e. The summed E-state index contributed by atoms with van der Waals surface area (Å²) in [6.07, 6.45) is 2.29. The van der Waals surface area contributed by atoms with Crippen molar-refractivity contribution in [2.75, 3.05) is 24.2 Å². The SMILES string of the molecule is CC[C@H](C)NC(=O)[C@@H](C)N(Cc1cccc(C)c1)C(=O)CCCN(c1ccccc1OC)S(C)(=O)=O. The standard InChI is InChI=1S/C27H39N3O5S/c1-7-21(3)28-27(32)22(4)29(19-23-13-10-12-20(2)18-23)26(31)16-11-17-30(36(6,33)34)24-14-8-9-15-25(24)35-5/h8-10,12-15,18,21-22H,7,11,16-17,19H2,1-6H3,(H,28,32)/t21-,22+/m0/s1. The molecule has 2 aromatic carbocycles. The molecule has 0 saturated carbocycles. The van der Waals surface area contributed by atoms with Gasteiger partial charge in [-0.15, -0.1) is 0 Å². The fraction of sp³-hybridized carbons (Fsp3) is 0.481. The second-order valence-electron chi connectivity index (χ2n) is 9.12. The number of hydrogen-bond acceptors (Lipinski definition) is 5. The Hall–Kier alpha value is -3.07. The van der Waals surface area contributed by atoms with Gasteiger partial charge in [-0.05, 0) is 51.3 Å². The zero-order valence-electron chi connectivity index (χ0n) is 22.2. The quantitative estimate of drug-likeness (QED) is 0.435. The number of carbonyl (C=O) groups is 2. The van der Waals surface area contributed by atoms with Crippen LogP contribution >= 0.6 is 0 Å². The fourth-order valence-corrected chi connectivity index (χ4v) is 4.84. The van der Waals surface area contributed by atoms with Crippen LogP contribution in [0, 0.1) is 6.92 Å². The number of para-hydroxylation sites is 2. The van der Waals surface area contributed by atoms with Crippen LogP contribution in [0.4, 0.5) is 5.69 Å². The van der Waals surface area contributed by atoms with Gasteiger partial charge >= 0.3 is 0 Å². The van der Waals surface area contributed by atoms with E-state index in [1.54, 1.807) is 36.1 Å². The molecule has 2 atom stereocenters. The van der Waals surface area contributed by atoms with Gasteiger partial charge in [0, 0.05) is 25.6 Å². The minimum absolute atomic E-state index is 0.0000403. The summed E-state index contributed by atoms with van der Waals surface area (Å²) in [5.74, 6) is 0.0135. The van der Waals surface area contributed by atoms with Gasteiger partial charge in [0.25, 0.3) is 0 Å². The predicted molar refractivity (Wildman–Crippen MR) is 144 cm³/mol. The van der Waals surface area contributed by atoms with Crippen LogP contribution in [0.1, 0.15) is 51.2 Å². The third-order valence-corrected chi connectivity index (χ3v) is 7.29. The Morgan fingerprint density at radius 1 is 1.08 bits per heavy atom. The average molecular weight is 518 g/mol. The first-order valence-corrected chi connectivity index (χ1v) is 14.1. The fourth-order valence-electron chi connectivity index (χ4n) is 3.87. The average Bonchev–Trinajstić information content (AvgIpc) is 2.83. The molecule has 0 heterocycles. The van der Waals surface area contributed by atoms with Gasteiger partial charge in [-0.1, -0.05) is 48.9 Å². The molecular weight excluding hydrogens is 478 g/mol. The van der Waals surface area contributed by atoms with Crippen LogP contribution in [0.2, 0.25) is 0 Å². The molecule has 0 radical (unpaired) electrons. The lowest BCUT2D eigenvalue weighted by Gasteiger charge is -2.30. The zero-order valence-corrected chi connectivity index (χ0v) is 23.0. The van der Waals surface area contributed by atoms with Gasteiger partial charge in [0.15, 0.2) is 0 Å². The Balaban J connectivity index is 2.20. The van der Waals surface area contributed by atoms with Crippen molar-refractivity contribution in [1.82, 2.24) is 10.2 Å². The van der Waals surface area contributed by atoms with Crippen LogP contribution in [0.5, 0.6) is 5.75 Å². The molecule has 0 spiro atoms. The molecule has 0 saturated heterocycles. The second kappa shape index (κ2) is 13.3. The first-order valence-electron chi connectivity index (χ1n) is 12.2. The maximum Gasteiger partial charge on any atom is 0.242 e. The molecule has 0 aliphatic heterocycles. The summed E-state index contributed by atoms with van der Waals surface area (Å²) in [6, 6.07) is 14.0. The molecule has 0 fully saturated rings. The van der Waals surface area contributed by atoms with E-state index in [1.165, 1.54) is 11.4 Å². The monoisotopic (exact) mass is 517 g/mol. The van der Waals surface area contributed by atoms with E-state index in [-0.39, 0.29) is 43.8 Å². The van der Waals surface area contributed by atoms with E-state index in [1.807, 2.05) is 45.0 Å². The molecule has 0 unspecified atom stereocenters. The third-order valence-electron chi connectivity index (χ3n) is 6.11. The lowest BCUT2D eigenvalue weighted by Crippen LogP contribution is -2.49. The van der Waals surface area contributed by atoms with Crippen molar-refractivity contribution in [1.29, 1.82) is 0 Å². The van der Waals surface area contributed by atoms with Gasteiger partial charge in [0.05, 0.1) is 19.1 Å². The number of sulfonamides is 1. The van der Waals surface area contributed by atoms with Crippen molar-refractivity contribution in [2.24, 2.45) is 0 Å². The highest BCUT2D eigenvalue weighted by molar-refractivity contribution is 7.92. The normalized spacial score (nSPS) is 12.9. The molecule has 0 aromatic heterocycles. The number of amides is 2. The minimum Gasteiger partial charge on any atom is -0.495 e. The van der Waals surface area contributed by atoms with Crippen LogP contribution in [0.3, 0.4) is 0 Å². The topological polar surface area (TPSA) is 96.0 Å². The highest BCUT2D eigenvalue weighted by Gasteiger charge is 2.27. The molecule has 0 aliphatic rings. The van der Waals surface area contributed by atoms with E-state index in [0.29, 0.717) is 11.4 Å². The molecule has 1 N–H and O–H groups in total. The highest BCUT2D eigenvalue weighted by Crippen LogP contribution is 2.29. The maximum atomic E-state index is 13.4. The first-order chi connectivity index (χ1) is 17.0. The van der Waals surface area contributed by atoms with Gasteiger partial charge < -0.3 is 15.0 Å². The molecule has 0 bridgehead atoms. The summed E-state index contributed by atoms with van der Waals surface area (Å²) in [5.41, 5.74) is 2.42. The summed E-state index contributed by atoms with van der Waals surface area (Å²) in [7, 11) is -2.12. The maximum absolute atomic E-state index is 13.4. The van der Waals surface area contributed by atoms with E-state index in [9.17, 15) is 18.0 Å². The Morgan fingerprint density at radius 2 is 1.78 bits per heavy atom. The molecule has 0 aliphatic carbocycles. The predicted octanol–water partition coefficient (Wildman–Crippen LogP) is 3.88. The van der Waals surface area contributed by atoms with Crippen LogP contribution in [0.15, 0.2) is 48.5 Å². The Morgan fingerprint density at radius 3 is 2.39 bits per heavy atom. The number of anilines is 1. The minimum atomic E-state index is -3.60. The molecule has 9 heteroatoms. The molecule has 2 aromatic rings. The molecule has 36 heavy (non-hydrogen) atoms. The number of hydrogen-bond donors (Lipinski definition) is 1. The van der Waals surface area contributed by atoms with Crippen LogP contribution < -0.4 is 14.4 Å². The van der Waals surface area contributed by atoms with E-state index >= 15 is 0 Å². The van der Waals surface area contributed by atoms with Crippen LogP contribution in [0.25, 0.3) is 0 Å². The number of rotatable bonds is 13. The van der Waals surface area contributed by atoms with Crippen molar-refractivity contribution in [3.05, 3.63) is 59.7 Å². The van der Waals surface area contributed by atoms with Gasteiger partial charge in [0.1, 0.15) is 11.8 Å².